The number of rotatable bonds is 22. The molecule has 54 heavy (non-hydrogen) atoms. The molecule has 0 aliphatic rings. The maximum atomic E-state index is 12.8. The van der Waals surface area contributed by atoms with Crippen LogP contribution in [-0.4, -0.2) is 105 Å². The third kappa shape index (κ3) is 17.3. The Hall–Kier alpha value is -5.55. The Labute approximate surface area is 316 Å². The number of guanidine groups is 1. The molecule has 0 heterocycles. The van der Waals surface area contributed by atoms with Crippen molar-refractivity contribution in [2.75, 3.05) is 39.3 Å². The molecule has 17 heteroatoms. The molecule has 0 aliphatic heterocycles. The summed E-state index contributed by atoms with van der Waals surface area (Å²) < 4.78 is 0. The summed E-state index contributed by atoms with van der Waals surface area (Å²) in [6.07, 6.45) is 0.636. The molecule has 6 amide bonds. The SMILES string of the molecule is CC(C)[C@H](NC(=O)[C@@H](N)Cc1ccccc1)C(=O)NCC(=O)NCCN=C(N)NCCNC(=O)CNC(=O)[C@@H](NC(=O)[C@@H](N)Cc1ccccc1)C(C)C. The van der Waals surface area contributed by atoms with E-state index in [4.69, 9.17) is 17.2 Å². The zero-order valence-electron chi connectivity index (χ0n) is 31.5. The van der Waals surface area contributed by atoms with Gasteiger partial charge >= 0.3 is 0 Å². The summed E-state index contributed by atoms with van der Waals surface area (Å²) in [4.78, 5) is 79.5. The van der Waals surface area contributed by atoms with E-state index in [-0.39, 0.29) is 57.1 Å². The molecule has 2 aromatic carbocycles. The van der Waals surface area contributed by atoms with Crippen molar-refractivity contribution >= 4 is 41.4 Å². The first-order valence-corrected chi connectivity index (χ1v) is 18.0. The number of aliphatic imine (C=N–C) groups is 1. The molecule has 0 fully saturated rings. The van der Waals surface area contributed by atoms with E-state index in [2.05, 4.69) is 42.2 Å². The first-order chi connectivity index (χ1) is 25.7. The monoisotopic (exact) mass is 751 g/mol. The lowest BCUT2D eigenvalue weighted by molar-refractivity contribution is -0.131. The van der Waals surface area contributed by atoms with E-state index in [1.165, 1.54) is 0 Å². The van der Waals surface area contributed by atoms with Crippen LogP contribution in [0.4, 0.5) is 0 Å². The van der Waals surface area contributed by atoms with Crippen molar-refractivity contribution in [2.45, 2.75) is 64.7 Å². The molecule has 17 nitrogen and oxygen atoms in total. The smallest absolute Gasteiger partial charge is 0.243 e. The fourth-order valence-corrected chi connectivity index (χ4v) is 5.01. The molecule has 0 aromatic heterocycles. The number of nitrogens with one attached hydrogen (secondary N) is 7. The third-order valence-corrected chi connectivity index (χ3v) is 8.08. The van der Waals surface area contributed by atoms with Crippen LogP contribution in [0.2, 0.25) is 0 Å². The molecule has 0 unspecified atom stereocenters. The van der Waals surface area contributed by atoms with Crippen LogP contribution in [0.3, 0.4) is 0 Å². The molecule has 296 valence electrons. The Kier molecular flexibility index (Phi) is 19.7. The molecule has 0 spiro atoms. The van der Waals surface area contributed by atoms with E-state index in [1.54, 1.807) is 27.7 Å². The van der Waals surface area contributed by atoms with E-state index in [0.29, 0.717) is 12.8 Å². The molecular formula is C37H57N11O6. The van der Waals surface area contributed by atoms with Crippen LogP contribution < -0.4 is 54.4 Å². The summed E-state index contributed by atoms with van der Waals surface area (Å²) >= 11 is 0. The summed E-state index contributed by atoms with van der Waals surface area (Å²) in [5, 5.41) is 18.5. The average Bonchev–Trinajstić information content (AvgIpc) is 3.14. The van der Waals surface area contributed by atoms with Gasteiger partial charge in [-0.15, -0.1) is 0 Å². The van der Waals surface area contributed by atoms with Gasteiger partial charge in [0.2, 0.25) is 35.4 Å². The first kappa shape index (κ1) is 44.6. The van der Waals surface area contributed by atoms with E-state index in [1.807, 2.05) is 60.7 Å². The zero-order valence-corrected chi connectivity index (χ0v) is 31.5. The lowest BCUT2D eigenvalue weighted by atomic mass is 10.0. The fraction of sp³-hybridized carbons (Fsp3) is 0.486. The highest BCUT2D eigenvalue weighted by molar-refractivity contribution is 5.93. The summed E-state index contributed by atoms with van der Waals surface area (Å²) in [5.74, 6) is -3.26. The van der Waals surface area contributed by atoms with Gasteiger partial charge in [0.15, 0.2) is 5.96 Å². The number of hydrogen-bond acceptors (Lipinski definition) is 9. The van der Waals surface area contributed by atoms with Crippen LogP contribution >= 0.6 is 0 Å². The van der Waals surface area contributed by atoms with Crippen LogP contribution in [0.15, 0.2) is 65.7 Å². The Morgan fingerprint density at radius 1 is 0.556 bits per heavy atom. The molecule has 0 radical (unpaired) electrons. The Morgan fingerprint density at radius 3 is 1.35 bits per heavy atom. The third-order valence-electron chi connectivity index (χ3n) is 8.08. The number of nitrogens with zero attached hydrogens (tertiary/aromatic N) is 1. The van der Waals surface area contributed by atoms with Gasteiger partial charge in [-0.3, -0.25) is 33.8 Å². The van der Waals surface area contributed by atoms with Crippen molar-refractivity contribution in [3.63, 3.8) is 0 Å². The van der Waals surface area contributed by atoms with Crippen molar-refractivity contribution in [3.8, 4) is 0 Å². The van der Waals surface area contributed by atoms with Gasteiger partial charge in [0.25, 0.3) is 0 Å². The molecule has 0 saturated heterocycles. The molecule has 0 saturated carbocycles. The van der Waals surface area contributed by atoms with Gasteiger partial charge in [0.1, 0.15) is 12.1 Å². The van der Waals surface area contributed by atoms with Gasteiger partial charge in [0.05, 0.1) is 31.7 Å². The maximum absolute atomic E-state index is 12.8. The number of carbonyl (C=O) groups excluding carboxylic acids is 6. The number of hydrogen-bond donors (Lipinski definition) is 10. The molecular weight excluding hydrogens is 694 g/mol. The lowest BCUT2D eigenvalue weighted by Gasteiger charge is -2.23. The summed E-state index contributed by atoms with van der Waals surface area (Å²) in [6, 6.07) is 15.2. The van der Waals surface area contributed by atoms with Crippen molar-refractivity contribution in [1.29, 1.82) is 0 Å². The number of amides is 6. The van der Waals surface area contributed by atoms with E-state index >= 15 is 0 Å². The predicted molar refractivity (Wildman–Crippen MR) is 206 cm³/mol. The Bertz CT molecular complexity index is 1540. The molecule has 13 N–H and O–H groups in total. The quantitative estimate of drug-likeness (QED) is 0.0352. The predicted octanol–water partition coefficient (Wildman–Crippen LogP) is -2.22. The second-order valence-electron chi connectivity index (χ2n) is 13.4. The van der Waals surface area contributed by atoms with Crippen LogP contribution in [0.25, 0.3) is 0 Å². The minimum Gasteiger partial charge on any atom is -0.370 e. The number of benzene rings is 2. The highest BCUT2D eigenvalue weighted by atomic mass is 16.2. The standard InChI is InChI=1S/C37H57N11O6/c1-23(2)31(47-33(51)27(38)19-25-11-7-5-8-12-25)35(53)45-21-29(49)41-15-17-43-37(40)44-18-16-42-30(50)22-46-36(54)32(24(3)4)48-34(52)28(39)20-26-13-9-6-10-14-26/h5-14,23-24,27-28,31-32H,15-22,38-39H2,1-4H3,(H,41,49)(H,42,50)(H,45,53)(H,46,54)(H,47,51)(H,48,52)(H3,40,43,44)/t27-,28-,31-,32-/m0/s1. The Morgan fingerprint density at radius 2 is 0.944 bits per heavy atom. The van der Waals surface area contributed by atoms with E-state index < -0.39 is 59.6 Å². The van der Waals surface area contributed by atoms with Crippen LogP contribution in [0, 0.1) is 11.8 Å². The molecule has 2 rings (SSSR count). The fourth-order valence-electron chi connectivity index (χ4n) is 5.01. The second kappa shape index (κ2) is 23.9. The van der Waals surface area contributed by atoms with Gasteiger partial charge in [-0.1, -0.05) is 88.4 Å². The van der Waals surface area contributed by atoms with Crippen LogP contribution in [-0.2, 0) is 41.6 Å². The van der Waals surface area contributed by atoms with Crippen molar-refractivity contribution in [2.24, 2.45) is 34.0 Å². The van der Waals surface area contributed by atoms with Gasteiger partial charge in [-0.2, -0.15) is 0 Å². The lowest BCUT2D eigenvalue weighted by Crippen LogP contribution is -2.55. The normalized spacial score (nSPS) is 13.5. The second-order valence-corrected chi connectivity index (χ2v) is 13.4. The largest absolute Gasteiger partial charge is 0.370 e. The minimum atomic E-state index is -0.877. The van der Waals surface area contributed by atoms with Gasteiger partial charge in [-0.25, -0.2) is 0 Å². The highest BCUT2D eigenvalue weighted by Crippen LogP contribution is 2.07. The van der Waals surface area contributed by atoms with E-state index in [9.17, 15) is 28.8 Å². The average molecular weight is 752 g/mol. The molecule has 0 aliphatic carbocycles. The number of carbonyl (C=O) groups is 6. The van der Waals surface area contributed by atoms with Gasteiger partial charge in [-0.05, 0) is 35.8 Å². The molecule has 4 atom stereocenters. The van der Waals surface area contributed by atoms with E-state index in [0.717, 1.165) is 11.1 Å². The topological polar surface area (TPSA) is 277 Å². The Balaban J connectivity index is 1.62. The first-order valence-electron chi connectivity index (χ1n) is 18.0. The number of nitrogens with two attached hydrogens (primary N) is 3. The molecule has 0 bridgehead atoms. The molecule has 2 aromatic rings. The maximum Gasteiger partial charge on any atom is 0.243 e. The van der Waals surface area contributed by atoms with Gasteiger partial charge < -0.3 is 54.4 Å². The van der Waals surface area contributed by atoms with Crippen LogP contribution in [0.1, 0.15) is 38.8 Å². The minimum absolute atomic E-state index is 0.0853. The van der Waals surface area contributed by atoms with Gasteiger partial charge in [0, 0.05) is 19.6 Å². The summed E-state index contributed by atoms with van der Waals surface area (Å²) in [7, 11) is 0. The summed E-state index contributed by atoms with van der Waals surface area (Å²) in [6.45, 7) is 7.20. The summed E-state index contributed by atoms with van der Waals surface area (Å²) in [5.41, 5.74) is 19.7. The van der Waals surface area contributed by atoms with Crippen molar-refractivity contribution in [1.82, 2.24) is 37.2 Å². The van der Waals surface area contributed by atoms with Crippen LogP contribution in [0.5, 0.6) is 0 Å². The zero-order chi connectivity index (χ0) is 40.0. The van der Waals surface area contributed by atoms with Crippen molar-refractivity contribution < 1.29 is 28.8 Å². The highest BCUT2D eigenvalue weighted by Gasteiger charge is 2.28. The van der Waals surface area contributed by atoms with Crippen molar-refractivity contribution in [3.05, 3.63) is 71.8 Å².